The van der Waals surface area contributed by atoms with Gasteiger partial charge in [0.25, 0.3) is 0 Å². The minimum absolute atomic E-state index is 0.0959. The van der Waals surface area contributed by atoms with Crippen molar-refractivity contribution in [1.29, 1.82) is 0 Å². The van der Waals surface area contributed by atoms with Gasteiger partial charge in [0, 0.05) is 13.7 Å². The molecule has 0 aromatic rings. The molecule has 6 heteroatoms. The molecule has 1 atom stereocenters. The van der Waals surface area contributed by atoms with E-state index in [1.165, 1.54) is 6.92 Å². The average molecular weight is 221 g/mol. The Morgan fingerprint density at radius 1 is 1.33 bits per heavy atom. The second-order valence-corrected chi connectivity index (χ2v) is 3.22. The predicted octanol–water partition coefficient (Wildman–Crippen LogP) is -1.10. The molecule has 0 aliphatic carbocycles. The number of hydrogen-bond acceptors (Lipinski definition) is 6. The van der Waals surface area contributed by atoms with Crippen molar-refractivity contribution in [2.75, 3.05) is 40.1 Å². The fourth-order valence-electron chi connectivity index (χ4n) is 0.676. The van der Waals surface area contributed by atoms with E-state index in [0.717, 1.165) is 0 Å². The maximum atomic E-state index is 11.2. The van der Waals surface area contributed by atoms with E-state index >= 15 is 0 Å². The topological polar surface area (TPSA) is 91.0 Å². The molecule has 0 amide bonds. The van der Waals surface area contributed by atoms with Crippen molar-refractivity contribution in [1.82, 2.24) is 0 Å². The third-order valence-electron chi connectivity index (χ3n) is 1.73. The van der Waals surface area contributed by atoms with Gasteiger partial charge < -0.3 is 25.1 Å². The number of ether oxygens (including phenoxy) is 3. The molecule has 0 rings (SSSR count). The highest BCUT2D eigenvalue weighted by molar-refractivity contribution is 5.78. The molecule has 0 saturated heterocycles. The largest absolute Gasteiger partial charge is 0.461 e. The van der Waals surface area contributed by atoms with Crippen LogP contribution in [0.25, 0.3) is 0 Å². The van der Waals surface area contributed by atoms with Crippen LogP contribution in [0.1, 0.15) is 6.92 Å². The molecule has 15 heavy (non-hydrogen) atoms. The molecule has 0 spiro atoms. The van der Waals surface area contributed by atoms with Gasteiger partial charge in [-0.25, -0.2) is 4.79 Å². The van der Waals surface area contributed by atoms with Crippen LogP contribution in [0.2, 0.25) is 0 Å². The summed E-state index contributed by atoms with van der Waals surface area (Å²) in [5.74, 6) is -0.736. The minimum Gasteiger partial charge on any atom is -0.461 e. The molecule has 0 aliphatic heterocycles. The lowest BCUT2D eigenvalue weighted by Crippen LogP contribution is -2.44. The maximum Gasteiger partial charge on any atom is 0.339 e. The number of aliphatic hydroxyl groups is 1. The Morgan fingerprint density at radius 2 is 1.93 bits per heavy atom. The number of rotatable bonds is 8. The number of nitrogens with two attached hydrogens (primary N) is 1. The molecule has 0 aromatic carbocycles. The lowest BCUT2D eigenvalue weighted by molar-refractivity contribution is -0.164. The fourth-order valence-corrected chi connectivity index (χ4v) is 0.676. The molecule has 3 N–H and O–H groups in total. The van der Waals surface area contributed by atoms with E-state index < -0.39 is 11.6 Å². The van der Waals surface area contributed by atoms with Gasteiger partial charge in [-0.15, -0.1) is 0 Å². The predicted molar refractivity (Wildman–Crippen MR) is 53.3 cm³/mol. The standard InChI is InChI=1S/C9H19NO5/c1-9(12,7-10)8(11)15-6-5-14-4-3-13-2/h12H,3-7,10H2,1-2H3. The van der Waals surface area contributed by atoms with E-state index in [-0.39, 0.29) is 19.8 Å². The van der Waals surface area contributed by atoms with E-state index in [1.54, 1.807) is 7.11 Å². The molecule has 1 unspecified atom stereocenters. The van der Waals surface area contributed by atoms with Crippen LogP contribution in [0.5, 0.6) is 0 Å². The Labute approximate surface area is 89.3 Å². The number of carbonyl (C=O) groups is 1. The van der Waals surface area contributed by atoms with Crippen LogP contribution in [0.4, 0.5) is 0 Å². The van der Waals surface area contributed by atoms with Crippen molar-refractivity contribution >= 4 is 5.97 Å². The van der Waals surface area contributed by atoms with Gasteiger partial charge in [-0.1, -0.05) is 0 Å². The fraction of sp³-hybridized carbons (Fsp3) is 0.889. The van der Waals surface area contributed by atoms with Gasteiger partial charge in [-0.2, -0.15) is 0 Å². The number of esters is 1. The minimum atomic E-state index is -1.62. The van der Waals surface area contributed by atoms with Gasteiger partial charge >= 0.3 is 5.97 Å². The molecule has 0 saturated carbocycles. The van der Waals surface area contributed by atoms with E-state index in [4.69, 9.17) is 19.9 Å². The van der Waals surface area contributed by atoms with E-state index in [2.05, 4.69) is 0 Å². The lowest BCUT2D eigenvalue weighted by atomic mass is 10.1. The van der Waals surface area contributed by atoms with E-state index in [0.29, 0.717) is 13.2 Å². The smallest absolute Gasteiger partial charge is 0.339 e. The monoisotopic (exact) mass is 221 g/mol. The summed E-state index contributed by atoms with van der Waals surface area (Å²) in [4.78, 5) is 11.2. The van der Waals surface area contributed by atoms with Crippen LogP contribution in [0, 0.1) is 0 Å². The van der Waals surface area contributed by atoms with Gasteiger partial charge in [0.1, 0.15) is 6.61 Å². The van der Waals surface area contributed by atoms with Gasteiger partial charge in [-0.3, -0.25) is 0 Å². The average Bonchev–Trinajstić information content (AvgIpc) is 2.22. The zero-order valence-electron chi connectivity index (χ0n) is 9.19. The summed E-state index contributed by atoms with van der Waals surface area (Å²) in [6, 6.07) is 0. The molecular weight excluding hydrogens is 202 g/mol. The summed E-state index contributed by atoms with van der Waals surface area (Å²) in [7, 11) is 1.57. The Hall–Kier alpha value is -0.690. The second-order valence-electron chi connectivity index (χ2n) is 3.22. The Kier molecular flexibility index (Phi) is 7.23. The van der Waals surface area contributed by atoms with Crippen LogP contribution in [0.15, 0.2) is 0 Å². The van der Waals surface area contributed by atoms with Gasteiger partial charge in [0.2, 0.25) is 0 Å². The van der Waals surface area contributed by atoms with Crippen LogP contribution >= 0.6 is 0 Å². The Bertz CT molecular complexity index is 183. The zero-order chi connectivity index (χ0) is 11.7. The van der Waals surface area contributed by atoms with Crippen molar-refractivity contribution in [3.63, 3.8) is 0 Å². The molecule has 0 radical (unpaired) electrons. The molecule has 0 aromatic heterocycles. The molecule has 6 nitrogen and oxygen atoms in total. The second kappa shape index (κ2) is 7.58. The van der Waals surface area contributed by atoms with Crippen molar-refractivity contribution in [3.8, 4) is 0 Å². The van der Waals surface area contributed by atoms with Crippen LogP contribution < -0.4 is 5.73 Å². The highest BCUT2D eigenvalue weighted by atomic mass is 16.6. The first kappa shape index (κ1) is 14.3. The molecule has 0 aliphatic rings. The quantitative estimate of drug-likeness (QED) is 0.399. The normalized spacial score (nSPS) is 14.7. The van der Waals surface area contributed by atoms with Crippen LogP contribution in [-0.4, -0.2) is 56.8 Å². The molecule has 0 heterocycles. The summed E-state index contributed by atoms with van der Waals surface area (Å²) in [6.45, 7) is 2.45. The van der Waals surface area contributed by atoms with Gasteiger partial charge in [0.15, 0.2) is 5.60 Å². The first-order chi connectivity index (χ1) is 7.04. The third kappa shape index (κ3) is 6.40. The summed E-state index contributed by atoms with van der Waals surface area (Å²) in [6.07, 6.45) is 0. The van der Waals surface area contributed by atoms with Crippen LogP contribution in [0.3, 0.4) is 0 Å². The van der Waals surface area contributed by atoms with E-state index in [9.17, 15) is 9.90 Å². The first-order valence-electron chi connectivity index (χ1n) is 4.71. The molecule has 0 bridgehead atoms. The molecule has 0 fully saturated rings. The molecule has 90 valence electrons. The summed E-state index contributed by atoms with van der Waals surface area (Å²) < 4.78 is 14.6. The number of methoxy groups -OCH3 is 1. The summed E-state index contributed by atoms with van der Waals surface area (Å²) in [5, 5.41) is 9.37. The number of hydrogen-bond donors (Lipinski definition) is 2. The van der Waals surface area contributed by atoms with Crippen molar-refractivity contribution in [2.24, 2.45) is 5.73 Å². The van der Waals surface area contributed by atoms with Crippen LogP contribution in [-0.2, 0) is 19.0 Å². The number of carbonyl (C=O) groups excluding carboxylic acids is 1. The lowest BCUT2D eigenvalue weighted by Gasteiger charge is -2.18. The molecular formula is C9H19NO5. The summed E-state index contributed by atoms with van der Waals surface area (Å²) >= 11 is 0. The SMILES string of the molecule is COCCOCCOC(=O)C(C)(O)CN. The van der Waals surface area contributed by atoms with Gasteiger partial charge in [0.05, 0.1) is 19.8 Å². The highest BCUT2D eigenvalue weighted by Crippen LogP contribution is 2.02. The Morgan fingerprint density at radius 3 is 2.47 bits per heavy atom. The third-order valence-corrected chi connectivity index (χ3v) is 1.73. The highest BCUT2D eigenvalue weighted by Gasteiger charge is 2.29. The van der Waals surface area contributed by atoms with E-state index in [1.807, 2.05) is 0 Å². The van der Waals surface area contributed by atoms with Crippen molar-refractivity contribution in [2.45, 2.75) is 12.5 Å². The van der Waals surface area contributed by atoms with Crippen molar-refractivity contribution in [3.05, 3.63) is 0 Å². The van der Waals surface area contributed by atoms with Crippen molar-refractivity contribution < 1.29 is 24.1 Å². The van der Waals surface area contributed by atoms with Gasteiger partial charge in [-0.05, 0) is 6.92 Å². The maximum absolute atomic E-state index is 11.2. The summed E-state index contributed by atoms with van der Waals surface area (Å²) in [5.41, 5.74) is 3.56. The first-order valence-corrected chi connectivity index (χ1v) is 4.71. The zero-order valence-corrected chi connectivity index (χ0v) is 9.19. The Balaban J connectivity index is 3.47.